The molecular weight excluding hydrogens is 743 g/mol. The largest absolute Gasteiger partial charge is 0.453 e. The molecule has 16 heteroatoms. The first-order chi connectivity index (χ1) is 27.8. The monoisotopic (exact) mass is 795 g/mol. The molecule has 5 N–H and O–H groups in total. The number of hydrogen-bond acceptors (Lipinski definition) is 9. The molecule has 0 bridgehead atoms. The summed E-state index contributed by atoms with van der Waals surface area (Å²) in [5, 5.41) is 6.43. The van der Waals surface area contributed by atoms with Gasteiger partial charge in [0.25, 0.3) is 0 Å². The molecule has 58 heavy (non-hydrogen) atoms. The Morgan fingerprint density at radius 2 is 1.40 bits per heavy atom. The quantitative estimate of drug-likeness (QED) is 0.0861. The van der Waals surface area contributed by atoms with Crippen LogP contribution in [-0.2, 0) is 19.1 Å². The van der Waals surface area contributed by atoms with E-state index in [4.69, 9.17) is 9.47 Å². The number of carbonyl (C=O) groups is 4. The Morgan fingerprint density at radius 1 is 0.828 bits per heavy atom. The zero-order chi connectivity index (χ0) is 41.8. The Hall–Kier alpha value is -6.19. The van der Waals surface area contributed by atoms with E-state index in [9.17, 15) is 24.0 Å². The maximum absolute atomic E-state index is 13.7. The molecule has 0 unspecified atom stereocenters. The normalized spacial score (nSPS) is 15.8. The molecule has 0 spiro atoms. The van der Waals surface area contributed by atoms with Gasteiger partial charge in [0, 0.05) is 35.0 Å². The molecule has 1 aliphatic heterocycles. The summed E-state index contributed by atoms with van der Waals surface area (Å²) in [6.07, 6.45) is 4.23. The van der Waals surface area contributed by atoms with Gasteiger partial charge in [0.15, 0.2) is 5.43 Å². The Balaban J connectivity index is 1.26. The van der Waals surface area contributed by atoms with Gasteiger partial charge in [-0.2, -0.15) is 0 Å². The van der Waals surface area contributed by atoms with Crippen LogP contribution in [0.1, 0.15) is 84.5 Å². The van der Waals surface area contributed by atoms with Gasteiger partial charge in [-0.05, 0) is 62.3 Å². The lowest BCUT2D eigenvalue weighted by molar-refractivity contribution is -0.137. The molecule has 3 aromatic heterocycles. The maximum atomic E-state index is 13.7. The number of fused-ring (bicyclic) bond motifs is 2. The standard InChI is InChI=1S/C42H53N9O7/c1-9-32(50(10-2)39(53)34(22(3)4)48-41(55)57-7)37-43-20-30(46-37)24-13-15-26-28(18-24)45-29-19-25(14-16-27(29)36(26)52)31-21-44-38(47-31)33-12-11-17-51(33)40(54)35(23(5)6)49-42(56)58-8/h13-16,18-23,32-35H,9-12,17H2,1-8H3,(H,43,46)(H,44,47)(H,45,52)(H,48,55)(H,49,56)/t32-,33-,34-,35-/m0/s1. The van der Waals surface area contributed by atoms with E-state index in [1.54, 1.807) is 34.3 Å². The molecule has 16 nitrogen and oxygen atoms in total. The number of H-pyrrole nitrogens is 3. The van der Waals surface area contributed by atoms with Crippen LogP contribution in [0, 0.1) is 11.8 Å². The van der Waals surface area contributed by atoms with Crippen LogP contribution < -0.4 is 16.1 Å². The molecule has 1 saturated heterocycles. The van der Waals surface area contributed by atoms with Gasteiger partial charge in [0.2, 0.25) is 11.8 Å². The van der Waals surface area contributed by atoms with E-state index in [0.717, 1.165) is 29.7 Å². The third-order valence-electron chi connectivity index (χ3n) is 10.9. The summed E-state index contributed by atoms with van der Waals surface area (Å²) >= 11 is 0. The van der Waals surface area contributed by atoms with Gasteiger partial charge < -0.3 is 44.9 Å². The average molecular weight is 796 g/mol. The third-order valence-corrected chi connectivity index (χ3v) is 10.9. The molecule has 4 amide bonds. The predicted octanol–water partition coefficient (Wildman–Crippen LogP) is 6.19. The molecular formula is C42H53N9O7. The van der Waals surface area contributed by atoms with Gasteiger partial charge >= 0.3 is 12.2 Å². The van der Waals surface area contributed by atoms with E-state index in [2.05, 4.69) is 35.6 Å². The third kappa shape index (κ3) is 8.27. The summed E-state index contributed by atoms with van der Waals surface area (Å²) < 4.78 is 9.53. The average Bonchev–Trinajstić information content (AvgIpc) is 4.02. The van der Waals surface area contributed by atoms with Crippen molar-refractivity contribution in [2.24, 2.45) is 11.8 Å². The number of amides is 4. The lowest BCUT2D eigenvalue weighted by Crippen LogP contribution is -2.52. The zero-order valence-electron chi connectivity index (χ0n) is 34.3. The van der Waals surface area contributed by atoms with Crippen molar-refractivity contribution in [1.82, 2.24) is 45.4 Å². The van der Waals surface area contributed by atoms with Gasteiger partial charge in [-0.3, -0.25) is 14.4 Å². The van der Waals surface area contributed by atoms with Crippen molar-refractivity contribution >= 4 is 45.8 Å². The number of likely N-dealkylation sites (N-methyl/N-ethyl adjacent to an activating group) is 1. The predicted molar refractivity (Wildman–Crippen MR) is 220 cm³/mol. The van der Waals surface area contributed by atoms with Crippen molar-refractivity contribution in [2.75, 3.05) is 27.3 Å². The highest BCUT2D eigenvalue weighted by molar-refractivity contribution is 5.95. The van der Waals surface area contributed by atoms with E-state index >= 15 is 0 Å². The van der Waals surface area contributed by atoms with Crippen LogP contribution in [0.2, 0.25) is 0 Å². The highest BCUT2D eigenvalue weighted by atomic mass is 16.5. The number of imidazole rings is 2. The van der Waals surface area contributed by atoms with Crippen LogP contribution in [-0.4, -0.2) is 98.1 Å². The van der Waals surface area contributed by atoms with E-state index in [1.165, 1.54) is 14.2 Å². The number of carbonyl (C=O) groups excluding carboxylic acids is 4. The molecule has 308 valence electrons. The number of benzene rings is 2. The van der Waals surface area contributed by atoms with E-state index in [0.29, 0.717) is 58.7 Å². The second-order valence-electron chi connectivity index (χ2n) is 15.3. The summed E-state index contributed by atoms with van der Waals surface area (Å²) in [7, 11) is 2.54. The Labute approximate surface area is 336 Å². The first-order valence-electron chi connectivity index (χ1n) is 19.8. The topological polar surface area (TPSA) is 207 Å². The number of hydrogen-bond donors (Lipinski definition) is 5. The zero-order valence-corrected chi connectivity index (χ0v) is 34.3. The number of nitrogens with zero attached hydrogens (tertiary/aromatic N) is 4. The van der Waals surface area contributed by atoms with Gasteiger partial charge in [-0.15, -0.1) is 0 Å². The molecule has 1 aliphatic rings. The second kappa shape index (κ2) is 17.5. The SMILES string of the molecule is CC[C@@H](c1ncc(-c2ccc3c(=O)c4ccc(-c5cnc([C@@H]6CCCN6C(=O)[C@@H](NC(=O)OC)C(C)C)[nH]5)cc4[nH]c3c2)[nH]1)N(CC)C(=O)[C@@H](NC(=O)OC)C(C)C. The fourth-order valence-corrected chi connectivity index (χ4v) is 7.78. The van der Waals surface area contributed by atoms with Crippen LogP contribution in [0.25, 0.3) is 44.3 Å². The summed E-state index contributed by atoms with van der Waals surface area (Å²) in [6, 6.07) is 8.97. The van der Waals surface area contributed by atoms with Gasteiger partial charge in [-0.25, -0.2) is 19.6 Å². The highest BCUT2D eigenvalue weighted by Gasteiger charge is 2.38. The van der Waals surface area contributed by atoms with E-state index < -0.39 is 24.3 Å². The summed E-state index contributed by atoms with van der Waals surface area (Å²) in [5.41, 5.74) is 4.22. The van der Waals surface area contributed by atoms with Crippen molar-refractivity contribution in [2.45, 2.75) is 85.0 Å². The van der Waals surface area contributed by atoms with E-state index in [1.807, 2.05) is 65.8 Å². The number of ether oxygens (including phenoxy) is 2. The Kier molecular flexibility index (Phi) is 12.5. The number of likely N-dealkylation sites (tertiary alicyclic amines) is 1. The van der Waals surface area contributed by atoms with Gasteiger partial charge in [0.05, 0.1) is 61.1 Å². The molecule has 0 radical (unpaired) electrons. The number of aromatic amines is 3. The molecule has 0 aliphatic carbocycles. The van der Waals surface area contributed by atoms with Crippen molar-refractivity contribution in [3.05, 3.63) is 70.7 Å². The first kappa shape index (κ1) is 41.4. The second-order valence-corrected chi connectivity index (χ2v) is 15.3. The Bertz CT molecular complexity index is 2360. The molecule has 0 saturated carbocycles. The molecule has 4 heterocycles. The van der Waals surface area contributed by atoms with Gasteiger partial charge in [0.1, 0.15) is 23.7 Å². The smallest absolute Gasteiger partial charge is 0.407 e. The number of pyridine rings is 1. The van der Waals surface area contributed by atoms with Crippen LogP contribution in [0.5, 0.6) is 0 Å². The summed E-state index contributed by atoms with van der Waals surface area (Å²) in [6.45, 7) is 12.3. The minimum Gasteiger partial charge on any atom is -0.453 e. The molecule has 6 rings (SSSR count). The fourth-order valence-electron chi connectivity index (χ4n) is 7.78. The lowest BCUT2D eigenvalue weighted by Gasteiger charge is -2.33. The highest BCUT2D eigenvalue weighted by Crippen LogP contribution is 2.34. The molecule has 1 fully saturated rings. The van der Waals surface area contributed by atoms with Crippen molar-refractivity contribution < 1.29 is 28.7 Å². The minimum atomic E-state index is -0.770. The Morgan fingerprint density at radius 3 is 1.95 bits per heavy atom. The van der Waals surface area contributed by atoms with Crippen LogP contribution in [0.4, 0.5) is 9.59 Å². The van der Waals surface area contributed by atoms with Crippen LogP contribution >= 0.6 is 0 Å². The number of aromatic nitrogens is 5. The first-order valence-corrected chi connectivity index (χ1v) is 19.8. The minimum absolute atomic E-state index is 0.110. The molecule has 4 atom stereocenters. The van der Waals surface area contributed by atoms with Crippen LogP contribution in [0.3, 0.4) is 0 Å². The van der Waals surface area contributed by atoms with Crippen molar-refractivity contribution in [3.8, 4) is 22.5 Å². The van der Waals surface area contributed by atoms with Crippen molar-refractivity contribution in [1.29, 1.82) is 0 Å². The number of rotatable bonds is 13. The van der Waals surface area contributed by atoms with Crippen molar-refractivity contribution in [3.63, 3.8) is 0 Å². The number of methoxy groups -OCH3 is 2. The van der Waals surface area contributed by atoms with Gasteiger partial charge in [-0.1, -0.05) is 46.8 Å². The number of alkyl carbamates (subject to hydrolysis) is 2. The van der Waals surface area contributed by atoms with Crippen LogP contribution in [0.15, 0.2) is 53.6 Å². The molecule has 2 aromatic carbocycles. The lowest BCUT2D eigenvalue weighted by atomic mass is 10.0. The summed E-state index contributed by atoms with van der Waals surface area (Å²) in [5.74, 6) is 0.520. The number of nitrogens with one attached hydrogen (secondary N) is 5. The molecule has 5 aromatic rings. The summed E-state index contributed by atoms with van der Waals surface area (Å²) in [4.78, 5) is 88.3. The maximum Gasteiger partial charge on any atom is 0.407 e. The fraction of sp³-hybridized carbons (Fsp3) is 0.452. The van der Waals surface area contributed by atoms with E-state index in [-0.39, 0.29) is 41.2 Å².